The van der Waals surface area contributed by atoms with Crippen LogP contribution in [0.25, 0.3) is 0 Å². The molecule has 48 valence electrons. The van der Waals surface area contributed by atoms with Gasteiger partial charge in [0.1, 0.15) is 0 Å². The number of hydrogen-bond acceptors (Lipinski definition) is 3. The maximum absolute atomic E-state index is 10.5. The van der Waals surface area contributed by atoms with Crippen LogP contribution in [-0.4, -0.2) is 7.05 Å². The molecule has 3 nitrogen and oxygen atoms in total. The van der Waals surface area contributed by atoms with Crippen molar-refractivity contribution in [3.05, 3.63) is 26.0 Å². The molecule has 0 aromatic heterocycles. The van der Waals surface area contributed by atoms with Gasteiger partial charge in [-0.3, -0.25) is 9.59 Å². The molecule has 1 rings (SSSR count). The average molecular weight is 125 g/mol. The molecule has 0 saturated heterocycles. The zero-order valence-corrected chi connectivity index (χ0v) is 5.32. The summed E-state index contributed by atoms with van der Waals surface area (Å²) in [5.41, 5.74) is 0.247. The molecule has 1 aromatic rings. The van der Waals surface area contributed by atoms with Gasteiger partial charge in [-0.15, -0.1) is 0 Å². The summed E-state index contributed by atoms with van der Waals surface area (Å²) in [6.45, 7) is 1.63. The first kappa shape index (κ1) is 6.01. The monoisotopic (exact) mass is 125 g/mol. The highest BCUT2D eigenvalue weighted by molar-refractivity contribution is 5.54. The second-order valence-corrected chi connectivity index (χ2v) is 1.91. The van der Waals surface area contributed by atoms with Gasteiger partial charge in [-0.05, 0) is 6.92 Å². The minimum absolute atomic E-state index is 0.362. The molecule has 1 N–H and O–H groups in total. The van der Waals surface area contributed by atoms with E-state index in [-0.39, 0.29) is 5.43 Å². The molecule has 0 fully saturated rings. The number of anilines is 1. The van der Waals surface area contributed by atoms with Gasteiger partial charge in [-0.1, -0.05) is 0 Å². The van der Waals surface area contributed by atoms with E-state index in [4.69, 9.17) is 0 Å². The predicted octanol–water partition coefficient (Wildman–Crippen LogP) is -0.367. The van der Waals surface area contributed by atoms with Gasteiger partial charge in [0, 0.05) is 12.6 Å². The second kappa shape index (κ2) is 1.69. The lowest BCUT2D eigenvalue weighted by Gasteiger charge is -2.03. The van der Waals surface area contributed by atoms with Crippen LogP contribution in [0.3, 0.4) is 0 Å². The Balaban J connectivity index is 3.25. The van der Waals surface area contributed by atoms with Gasteiger partial charge in [-0.2, -0.15) is 0 Å². The van der Waals surface area contributed by atoms with Crippen LogP contribution >= 0.6 is 0 Å². The van der Waals surface area contributed by atoms with Crippen LogP contribution < -0.4 is 16.2 Å². The SMILES string of the molecule is CNc1c(C)c(=O)c1=O. The molecule has 0 aliphatic rings. The van der Waals surface area contributed by atoms with Crippen molar-refractivity contribution in [2.75, 3.05) is 12.4 Å². The van der Waals surface area contributed by atoms with E-state index < -0.39 is 5.43 Å². The highest BCUT2D eigenvalue weighted by atomic mass is 16.2. The maximum Gasteiger partial charge on any atom is 0.249 e. The third kappa shape index (κ3) is 0.575. The van der Waals surface area contributed by atoms with Crippen molar-refractivity contribution in [3.8, 4) is 0 Å². The lowest BCUT2D eigenvalue weighted by molar-refractivity contribution is 1.25. The van der Waals surface area contributed by atoms with E-state index in [1.54, 1.807) is 14.0 Å². The van der Waals surface area contributed by atoms with Crippen molar-refractivity contribution >= 4 is 5.69 Å². The summed E-state index contributed by atoms with van der Waals surface area (Å²) < 4.78 is 0. The molecular formula is C6H7NO2. The van der Waals surface area contributed by atoms with E-state index in [9.17, 15) is 9.59 Å². The van der Waals surface area contributed by atoms with E-state index >= 15 is 0 Å². The maximum atomic E-state index is 10.5. The van der Waals surface area contributed by atoms with Crippen molar-refractivity contribution in [1.82, 2.24) is 0 Å². The third-order valence-electron chi connectivity index (χ3n) is 1.40. The topological polar surface area (TPSA) is 46.2 Å². The molecule has 0 saturated carbocycles. The number of nitrogens with one attached hydrogen (secondary N) is 1. The standard InChI is InChI=1S/C6H7NO2/c1-3-4(7-2)6(9)5(3)8/h7H,1-2H3. The smallest absolute Gasteiger partial charge is 0.249 e. The van der Waals surface area contributed by atoms with Crippen LogP contribution in [0.2, 0.25) is 0 Å². The largest absolute Gasteiger partial charge is 0.385 e. The summed E-state index contributed by atoms with van der Waals surface area (Å²) in [6.07, 6.45) is 0. The Morgan fingerprint density at radius 1 is 1.22 bits per heavy atom. The van der Waals surface area contributed by atoms with Gasteiger partial charge in [0.05, 0.1) is 5.69 Å². The van der Waals surface area contributed by atoms with Gasteiger partial charge in [0.2, 0.25) is 10.9 Å². The fraction of sp³-hybridized carbons (Fsp3) is 0.333. The Kier molecular flexibility index (Phi) is 1.12. The Hall–Kier alpha value is -1.12. The third-order valence-corrected chi connectivity index (χ3v) is 1.40. The van der Waals surface area contributed by atoms with Gasteiger partial charge in [-0.25, -0.2) is 0 Å². The van der Waals surface area contributed by atoms with Crippen LogP contribution in [0.1, 0.15) is 5.56 Å². The van der Waals surface area contributed by atoms with Crippen molar-refractivity contribution in [3.63, 3.8) is 0 Å². The second-order valence-electron chi connectivity index (χ2n) is 1.91. The van der Waals surface area contributed by atoms with E-state index in [1.807, 2.05) is 0 Å². The number of hydrogen-bond donors (Lipinski definition) is 1. The van der Waals surface area contributed by atoms with Crippen LogP contribution in [0.5, 0.6) is 0 Å². The first-order valence-electron chi connectivity index (χ1n) is 2.66. The average Bonchev–Trinajstić information content (AvgIpc) is 1.89. The number of rotatable bonds is 1. The minimum Gasteiger partial charge on any atom is -0.385 e. The molecular weight excluding hydrogens is 118 g/mol. The highest BCUT2D eigenvalue weighted by Crippen LogP contribution is 2.01. The van der Waals surface area contributed by atoms with E-state index in [0.717, 1.165) is 0 Å². The summed E-state index contributed by atoms with van der Waals surface area (Å²) in [5, 5.41) is 2.64. The molecule has 0 aliphatic heterocycles. The molecule has 0 spiro atoms. The molecule has 0 bridgehead atoms. The van der Waals surface area contributed by atoms with E-state index in [2.05, 4.69) is 5.32 Å². The quantitative estimate of drug-likeness (QED) is 0.521. The van der Waals surface area contributed by atoms with Gasteiger partial charge in [0.25, 0.3) is 0 Å². The van der Waals surface area contributed by atoms with Crippen LogP contribution in [0, 0.1) is 6.92 Å². The summed E-state index contributed by atoms with van der Waals surface area (Å²) in [4.78, 5) is 21.0. The van der Waals surface area contributed by atoms with E-state index in [0.29, 0.717) is 11.3 Å². The molecule has 0 heterocycles. The zero-order valence-electron chi connectivity index (χ0n) is 5.32. The lowest BCUT2D eigenvalue weighted by atomic mass is 10.1. The summed E-state index contributed by atoms with van der Waals surface area (Å²) in [7, 11) is 1.63. The molecule has 1 aromatic carbocycles. The fourth-order valence-electron chi connectivity index (χ4n) is 0.806. The Bertz CT molecular complexity index is 294. The van der Waals surface area contributed by atoms with Crippen LogP contribution in [0.15, 0.2) is 9.59 Å². The molecule has 0 atom stereocenters. The van der Waals surface area contributed by atoms with Crippen LogP contribution in [-0.2, 0) is 0 Å². The Morgan fingerprint density at radius 3 is 2.00 bits per heavy atom. The van der Waals surface area contributed by atoms with Crippen molar-refractivity contribution in [2.24, 2.45) is 0 Å². The first-order valence-corrected chi connectivity index (χ1v) is 2.66. The molecule has 0 radical (unpaired) electrons. The van der Waals surface area contributed by atoms with Crippen LogP contribution in [0.4, 0.5) is 5.69 Å². The predicted molar refractivity (Wildman–Crippen MR) is 35.6 cm³/mol. The summed E-state index contributed by atoms with van der Waals surface area (Å²) in [6, 6.07) is 0. The highest BCUT2D eigenvalue weighted by Gasteiger charge is 2.13. The Labute approximate surface area is 52.0 Å². The van der Waals surface area contributed by atoms with Gasteiger partial charge >= 0.3 is 0 Å². The minimum atomic E-state index is -0.394. The first-order chi connectivity index (χ1) is 4.18. The molecule has 3 heteroatoms. The van der Waals surface area contributed by atoms with Gasteiger partial charge < -0.3 is 5.32 Å². The Morgan fingerprint density at radius 2 is 1.78 bits per heavy atom. The van der Waals surface area contributed by atoms with Crippen molar-refractivity contribution in [2.45, 2.75) is 6.92 Å². The van der Waals surface area contributed by atoms with Gasteiger partial charge in [0.15, 0.2) is 0 Å². The molecule has 0 amide bonds. The lowest BCUT2D eigenvalue weighted by Crippen LogP contribution is -2.36. The normalized spacial score (nSPS) is 10.0. The molecule has 9 heavy (non-hydrogen) atoms. The van der Waals surface area contributed by atoms with Crippen molar-refractivity contribution in [1.29, 1.82) is 0 Å². The molecule has 0 aliphatic carbocycles. The van der Waals surface area contributed by atoms with E-state index in [1.165, 1.54) is 0 Å². The van der Waals surface area contributed by atoms with Crippen molar-refractivity contribution < 1.29 is 0 Å². The fourth-order valence-corrected chi connectivity index (χ4v) is 0.806. The summed E-state index contributed by atoms with van der Waals surface area (Å²) in [5.74, 6) is 0. The summed E-state index contributed by atoms with van der Waals surface area (Å²) >= 11 is 0. The zero-order chi connectivity index (χ0) is 7.02. The molecule has 0 unspecified atom stereocenters.